The summed E-state index contributed by atoms with van der Waals surface area (Å²) < 4.78 is 12.1. The van der Waals surface area contributed by atoms with E-state index >= 15 is 0 Å². The van der Waals surface area contributed by atoms with E-state index in [1.54, 1.807) is 26.8 Å². The Bertz CT molecular complexity index is 1310. The molecule has 0 aliphatic carbocycles. The normalized spacial score (nSPS) is 10.9. The highest BCUT2D eigenvalue weighted by Crippen LogP contribution is 2.35. The largest absolute Gasteiger partial charge is 0.462 e. The Labute approximate surface area is 230 Å². The molecule has 0 spiro atoms. The van der Waals surface area contributed by atoms with Gasteiger partial charge in [0.05, 0.1) is 24.5 Å². The van der Waals surface area contributed by atoms with Crippen LogP contribution >= 0.6 is 23.1 Å². The number of allylic oxidation sites excluding steroid dienone is 1. The molecule has 3 aromatic rings. The molecule has 0 aliphatic rings. The number of hydrogen-bond acceptors (Lipinski definition) is 9. The zero-order valence-electron chi connectivity index (χ0n) is 22.2. The number of hydrogen-bond donors (Lipinski definition) is 1. The number of nitrogens with one attached hydrogen (secondary N) is 1. The van der Waals surface area contributed by atoms with E-state index in [4.69, 9.17) is 9.47 Å². The number of amides is 1. The van der Waals surface area contributed by atoms with Crippen molar-refractivity contribution >= 4 is 45.9 Å². The zero-order valence-corrected chi connectivity index (χ0v) is 23.8. The first-order valence-electron chi connectivity index (χ1n) is 12.3. The Morgan fingerprint density at radius 2 is 1.76 bits per heavy atom. The van der Waals surface area contributed by atoms with Gasteiger partial charge in [-0.3, -0.25) is 9.36 Å². The molecule has 0 atom stereocenters. The van der Waals surface area contributed by atoms with Crippen LogP contribution in [0.1, 0.15) is 64.8 Å². The van der Waals surface area contributed by atoms with Crippen LogP contribution in [0.3, 0.4) is 0 Å². The molecule has 1 amide bonds. The standard InChI is InChI=1S/C27H32N4O5S2/c1-7-14-31-23(19-12-10-18(11-13-19)16(4)5)29-30-27(31)37-15-20(32)28-24-21(25(33)35-8-2)17(6)22(38-24)26(34)36-9-3/h7,10-13,16H,1,8-9,14-15H2,2-6H3,(H,28,32). The Kier molecular flexibility index (Phi) is 10.3. The van der Waals surface area contributed by atoms with Crippen LogP contribution in [-0.4, -0.2) is 51.6 Å². The fourth-order valence-corrected chi connectivity index (χ4v) is 5.51. The third-order valence-corrected chi connectivity index (χ3v) is 7.69. The van der Waals surface area contributed by atoms with Crippen LogP contribution in [0.25, 0.3) is 11.4 Å². The minimum Gasteiger partial charge on any atom is -0.462 e. The topological polar surface area (TPSA) is 112 Å². The molecule has 0 aliphatic heterocycles. The van der Waals surface area contributed by atoms with Gasteiger partial charge in [-0.2, -0.15) is 0 Å². The molecule has 2 aromatic heterocycles. The number of carbonyl (C=O) groups is 3. The Morgan fingerprint density at radius 1 is 1.11 bits per heavy atom. The number of carbonyl (C=O) groups excluding carboxylic acids is 3. The van der Waals surface area contributed by atoms with Crippen molar-refractivity contribution in [2.24, 2.45) is 0 Å². The molecule has 11 heteroatoms. The van der Waals surface area contributed by atoms with Crippen molar-refractivity contribution in [2.45, 2.75) is 52.2 Å². The predicted octanol–water partition coefficient (Wildman–Crippen LogP) is 5.71. The first-order chi connectivity index (χ1) is 18.2. The van der Waals surface area contributed by atoms with E-state index in [1.165, 1.54) is 17.3 Å². The number of thioether (sulfide) groups is 1. The zero-order chi connectivity index (χ0) is 27.8. The van der Waals surface area contributed by atoms with Gasteiger partial charge in [-0.15, -0.1) is 28.1 Å². The molecule has 0 bridgehead atoms. The maximum atomic E-state index is 12.9. The van der Waals surface area contributed by atoms with E-state index < -0.39 is 11.9 Å². The second-order valence-electron chi connectivity index (χ2n) is 8.52. The minimum atomic E-state index is -0.612. The van der Waals surface area contributed by atoms with Gasteiger partial charge in [0.2, 0.25) is 5.91 Å². The van der Waals surface area contributed by atoms with E-state index in [2.05, 4.69) is 48.1 Å². The molecule has 0 saturated carbocycles. The van der Waals surface area contributed by atoms with Crippen molar-refractivity contribution in [3.05, 3.63) is 58.5 Å². The first kappa shape index (κ1) is 29.1. The van der Waals surface area contributed by atoms with Crippen LogP contribution in [0, 0.1) is 6.92 Å². The fraction of sp³-hybridized carbons (Fsp3) is 0.370. The summed E-state index contributed by atoms with van der Waals surface area (Å²) in [4.78, 5) is 38.1. The lowest BCUT2D eigenvalue weighted by atomic mass is 10.0. The summed E-state index contributed by atoms with van der Waals surface area (Å²) in [6, 6.07) is 8.16. The molecule has 0 radical (unpaired) electrons. The monoisotopic (exact) mass is 556 g/mol. The summed E-state index contributed by atoms with van der Waals surface area (Å²) >= 11 is 2.21. The lowest BCUT2D eigenvalue weighted by Gasteiger charge is -2.10. The molecule has 0 fully saturated rings. The number of benzene rings is 1. The summed E-state index contributed by atoms with van der Waals surface area (Å²) in [6.45, 7) is 14.0. The van der Waals surface area contributed by atoms with Gasteiger partial charge in [0.15, 0.2) is 11.0 Å². The van der Waals surface area contributed by atoms with Crippen LogP contribution in [0.4, 0.5) is 5.00 Å². The molecular formula is C27H32N4O5S2. The maximum absolute atomic E-state index is 12.9. The molecule has 2 heterocycles. The number of esters is 2. The van der Waals surface area contributed by atoms with E-state index in [1.807, 2.05) is 16.7 Å². The first-order valence-corrected chi connectivity index (χ1v) is 14.1. The Hall–Kier alpha value is -3.44. The van der Waals surface area contributed by atoms with Gasteiger partial charge in [-0.25, -0.2) is 9.59 Å². The van der Waals surface area contributed by atoms with Gasteiger partial charge in [-0.1, -0.05) is 56.0 Å². The number of rotatable bonds is 12. The summed E-state index contributed by atoms with van der Waals surface area (Å²) in [7, 11) is 0. The van der Waals surface area contributed by atoms with Crippen molar-refractivity contribution in [3.8, 4) is 11.4 Å². The SMILES string of the molecule is C=CCn1c(SCC(=O)Nc2sc(C(=O)OCC)c(C)c2C(=O)OCC)nnc1-c1ccc(C(C)C)cc1. The van der Waals surface area contributed by atoms with Crippen LogP contribution in [0.2, 0.25) is 0 Å². The molecule has 1 N–H and O–H groups in total. The van der Waals surface area contributed by atoms with E-state index in [-0.39, 0.29) is 40.3 Å². The van der Waals surface area contributed by atoms with Crippen molar-refractivity contribution in [3.63, 3.8) is 0 Å². The van der Waals surface area contributed by atoms with Crippen molar-refractivity contribution in [1.82, 2.24) is 14.8 Å². The second-order valence-corrected chi connectivity index (χ2v) is 10.5. The number of aromatic nitrogens is 3. The highest BCUT2D eigenvalue weighted by Gasteiger charge is 2.27. The maximum Gasteiger partial charge on any atom is 0.348 e. The van der Waals surface area contributed by atoms with Gasteiger partial charge >= 0.3 is 11.9 Å². The van der Waals surface area contributed by atoms with Crippen LogP contribution in [0.5, 0.6) is 0 Å². The number of ether oxygens (including phenoxy) is 2. The number of nitrogens with zero attached hydrogens (tertiary/aromatic N) is 3. The lowest BCUT2D eigenvalue weighted by Crippen LogP contribution is -2.17. The minimum absolute atomic E-state index is 0.00944. The van der Waals surface area contributed by atoms with E-state index in [0.717, 1.165) is 16.9 Å². The average molecular weight is 557 g/mol. The number of anilines is 1. The molecule has 38 heavy (non-hydrogen) atoms. The van der Waals surface area contributed by atoms with Crippen LogP contribution in [-0.2, 0) is 20.8 Å². The lowest BCUT2D eigenvalue weighted by molar-refractivity contribution is -0.113. The summed E-state index contributed by atoms with van der Waals surface area (Å²) in [5, 5.41) is 12.2. The molecule has 1 aromatic carbocycles. The summed E-state index contributed by atoms with van der Waals surface area (Å²) in [5.74, 6) is -0.422. The van der Waals surface area contributed by atoms with Gasteiger partial charge in [0.1, 0.15) is 9.88 Å². The Balaban J connectivity index is 1.79. The predicted molar refractivity (Wildman–Crippen MR) is 150 cm³/mol. The second kappa shape index (κ2) is 13.4. The van der Waals surface area contributed by atoms with Gasteiger partial charge in [0.25, 0.3) is 0 Å². The molecule has 0 saturated heterocycles. The molecule has 3 rings (SSSR count). The van der Waals surface area contributed by atoms with Gasteiger partial charge in [-0.05, 0) is 37.8 Å². The molecule has 0 unspecified atom stereocenters. The van der Waals surface area contributed by atoms with Crippen LogP contribution < -0.4 is 5.32 Å². The van der Waals surface area contributed by atoms with E-state index in [9.17, 15) is 14.4 Å². The highest BCUT2D eigenvalue weighted by molar-refractivity contribution is 7.99. The molecule has 9 nitrogen and oxygen atoms in total. The molecular weight excluding hydrogens is 524 g/mol. The highest BCUT2D eigenvalue weighted by atomic mass is 32.2. The van der Waals surface area contributed by atoms with Gasteiger partial charge < -0.3 is 14.8 Å². The third kappa shape index (κ3) is 6.70. The average Bonchev–Trinajstić information content (AvgIpc) is 3.43. The summed E-state index contributed by atoms with van der Waals surface area (Å²) in [6.07, 6.45) is 1.75. The van der Waals surface area contributed by atoms with E-state index in [0.29, 0.717) is 29.0 Å². The third-order valence-electron chi connectivity index (χ3n) is 5.54. The Morgan fingerprint density at radius 3 is 2.37 bits per heavy atom. The van der Waals surface area contributed by atoms with Crippen molar-refractivity contribution in [2.75, 3.05) is 24.3 Å². The van der Waals surface area contributed by atoms with Crippen LogP contribution in [0.15, 0.2) is 42.1 Å². The quantitative estimate of drug-likeness (QED) is 0.172. The van der Waals surface area contributed by atoms with Gasteiger partial charge in [0, 0.05) is 12.1 Å². The number of thiophene rings is 1. The molecule has 202 valence electrons. The summed E-state index contributed by atoms with van der Waals surface area (Å²) in [5.41, 5.74) is 2.71. The smallest absolute Gasteiger partial charge is 0.348 e. The fourth-order valence-electron chi connectivity index (χ4n) is 3.65. The van der Waals surface area contributed by atoms with Crippen molar-refractivity contribution in [1.29, 1.82) is 0 Å². The van der Waals surface area contributed by atoms with Crippen molar-refractivity contribution < 1.29 is 23.9 Å².